The number of hydrogen-bond donors (Lipinski definition) is 0. The maximum atomic E-state index is 6.45. The Labute approximate surface area is 155 Å². The van der Waals surface area contributed by atoms with Crippen LogP contribution in [0.25, 0.3) is 10.8 Å². The molecular formula is C19H26Cl2N2O. The van der Waals surface area contributed by atoms with E-state index < -0.39 is 0 Å². The van der Waals surface area contributed by atoms with E-state index in [1.807, 2.05) is 24.3 Å². The highest BCUT2D eigenvalue weighted by Crippen LogP contribution is 2.32. The van der Waals surface area contributed by atoms with E-state index in [1.165, 1.54) is 39.1 Å². The minimum absolute atomic E-state index is 0. The largest absolute Gasteiger partial charge is 0.492 e. The van der Waals surface area contributed by atoms with Crippen LogP contribution in [-0.2, 0) is 0 Å². The van der Waals surface area contributed by atoms with Crippen LogP contribution in [0.1, 0.15) is 12.8 Å². The van der Waals surface area contributed by atoms with Crippen LogP contribution in [0.2, 0.25) is 5.02 Å². The molecule has 2 aromatic rings. The number of unbranched alkanes of at least 4 members (excludes halogenated alkanes) is 1. The van der Waals surface area contributed by atoms with Crippen LogP contribution in [-0.4, -0.2) is 56.2 Å². The third kappa shape index (κ3) is 5.00. The van der Waals surface area contributed by atoms with Gasteiger partial charge in [-0.1, -0.05) is 41.9 Å². The average Bonchev–Trinajstić information content (AvgIpc) is 2.58. The standard InChI is InChI=1S/C19H25ClN2O.ClH/c1-21-11-13-22(14-12-21)10-4-5-15-23-18-9-8-16-6-2-3-7-17(16)19(18)20;/h2-3,6-9H,4-5,10-15H2,1H3;1H. The highest BCUT2D eigenvalue weighted by atomic mass is 35.5. The number of likely N-dealkylation sites (N-methyl/N-ethyl adjacent to an activating group) is 1. The number of hydrogen-bond acceptors (Lipinski definition) is 3. The van der Waals surface area contributed by atoms with Crippen molar-refractivity contribution in [2.45, 2.75) is 12.8 Å². The van der Waals surface area contributed by atoms with Gasteiger partial charge in [-0.2, -0.15) is 0 Å². The average molecular weight is 369 g/mol. The summed E-state index contributed by atoms with van der Waals surface area (Å²) in [6, 6.07) is 12.2. The van der Waals surface area contributed by atoms with Gasteiger partial charge in [0.2, 0.25) is 0 Å². The first-order valence-corrected chi connectivity index (χ1v) is 8.83. The molecule has 1 aliphatic heterocycles. The third-order valence-corrected chi connectivity index (χ3v) is 4.94. The van der Waals surface area contributed by atoms with Gasteiger partial charge in [0.15, 0.2) is 0 Å². The lowest BCUT2D eigenvalue weighted by atomic mass is 10.1. The van der Waals surface area contributed by atoms with E-state index in [1.54, 1.807) is 0 Å². The van der Waals surface area contributed by atoms with Crippen LogP contribution >= 0.6 is 24.0 Å². The third-order valence-electron chi connectivity index (χ3n) is 4.55. The van der Waals surface area contributed by atoms with Crippen LogP contribution in [0.5, 0.6) is 5.75 Å². The summed E-state index contributed by atoms with van der Waals surface area (Å²) in [5, 5.41) is 2.94. The number of nitrogens with zero attached hydrogens (tertiary/aromatic N) is 2. The van der Waals surface area contributed by atoms with Crippen molar-refractivity contribution >= 4 is 34.8 Å². The van der Waals surface area contributed by atoms with E-state index in [4.69, 9.17) is 16.3 Å². The normalized spacial score (nSPS) is 16.1. The van der Waals surface area contributed by atoms with Gasteiger partial charge >= 0.3 is 0 Å². The van der Waals surface area contributed by atoms with E-state index in [9.17, 15) is 0 Å². The second-order valence-corrected chi connectivity index (χ2v) is 6.68. The Kier molecular flexibility index (Phi) is 7.63. The predicted octanol–water partition coefficient (Wildman–Crippen LogP) is 4.32. The van der Waals surface area contributed by atoms with E-state index >= 15 is 0 Å². The maximum Gasteiger partial charge on any atom is 0.138 e. The Balaban J connectivity index is 0.00000208. The molecule has 5 heteroatoms. The van der Waals surface area contributed by atoms with E-state index in [-0.39, 0.29) is 12.4 Å². The molecule has 3 nitrogen and oxygen atoms in total. The van der Waals surface area contributed by atoms with Crippen molar-refractivity contribution in [2.75, 3.05) is 46.4 Å². The zero-order valence-corrected chi connectivity index (χ0v) is 15.8. The zero-order valence-electron chi connectivity index (χ0n) is 14.2. The molecule has 0 N–H and O–H groups in total. The Morgan fingerprint density at radius 1 is 1.00 bits per heavy atom. The van der Waals surface area contributed by atoms with Gasteiger partial charge in [-0.3, -0.25) is 0 Å². The fourth-order valence-corrected chi connectivity index (χ4v) is 3.31. The highest BCUT2D eigenvalue weighted by molar-refractivity contribution is 6.37. The molecule has 1 fully saturated rings. The molecule has 0 bridgehead atoms. The number of rotatable bonds is 6. The maximum absolute atomic E-state index is 6.45. The summed E-state index contributed by atoms with van der Waals surface area (Å²) in [6.07, 6.45) is 2.24. The van der Waals surface area contributed by atoms with Crippen LogP contribution in [0.3, 0.4) is 0 Å². The molecule has 132 valence electrons. The van der Waals surface area contributed by atoms with Crippen molar-refractivity contribution in [3.63, 3.8) is 0 Å². The lowest BCUT2D eigenvalue weighted by molar-refractivity contribution is 0.150. The summed E-state index contributed by atoms with van der Waals surface area (Å²) < 4.78 is 5.89. The van der Waals surface area contributed by atoms with Crippen molar-refractivity contribution in [1.82, 2.24) is 9.80 Å². The monoisotopic (exact) mass is 368 g/mol. The van der Waals surface area contributed by atoms with Crippen LogP contribution in [0, 0.1) is 0 Å². The molecule has 24 heavy (non-hydrogen) atoms. The molecule has 1 heterocycles. The van der Waals surface area contributed by atoms with E-state index in [2.05, 4.69) is 29.0 Å². The Morgan fingerprint density at radius 3 is 2.54 bits per heavy atom. The number of benzene rings is 2. The van der Waals surface area contributed by atoms with Gasteiger partial charge in [-0.25, -0.2) is 0 Å². The SMILES string of the molecule is CN1CCN(CCCCOc2ccc3ccccc3c2Cl)CC1.Cl. The molecule has 0 atom stereocenters. The number of ether oxygens (including phenoxy) is 1. The second kappa shape index (κ2) is 9.47. The first-order chi connectivity index (χ1) is 11.2. The molecule has 2 aromatic carbocycles. The molecular weight excluding hydrogens is 343 g/mol. The van der Waals surface area contributed by atoms with Gasteiger partial charge in [-0.05, 0) is 37.9 Å². The predicted molar refractivity (Wildman–Crippen MR) is 105 cm³/mol. The van der Waals surface area contributed by atoms with Gasteiger partial charge in [-0.15, -0.1) is 12.4 Å². The molecule has 0 aromatic heterocycles. The minimum atomic E-state index is 0. The fraction of sp³-hybridized carbons (Fsp3) is 0.474. The lowest BCUT2D eigenvalue weighted by Gasteiger charge is -2.32. The van der Waals surface area contributed by atoms with Crippen LogP contribution < -0.4 is 4.74 Å². The van der Waals surface area contributed by atoms with Crippen molar-refractivity contribution in [3.8, 4) is 5.75 Å². The van der Waals surface area contributed by atoms with Crippen LogP contribution in [0.15, 0.2) is 36.4 Å². The van der Waals surface area contributed by atoms with Crippen molar-refractivity contribution in [1.29, 1.82) is 0 Å². The van der Waals surface area contributed by atoms with E-state index in [0.717, 1.165) is 34.6 Å². The Morgan fingerprint density at radius 2 is 1.75 bits per heavy atom. The van der Waals surface area contributed by atoms with Crippen molar-refractivity contribution in [3.05, 3.63) is 41.4 Å². The summed E-state index contributed by atoms with van der Waals surface area (Å²) in [6.45, 7) is 6.64. The molecule has 1 aliphatic rings. The second-order valence-electron chi connectivity index (χ2n) is 6.30. The summed E-state index contributed by atoms with van der Waals surface area (Å²) >= 11 is 6.45. The van der Waals surface area contributed by atoms with Gasteiger partial charge in [0.25, 0.3) is 0 Å². The number of halogens is 2. The van der Waals surface area contributed by atoms with Crippen molar-refractivity contribution < 1.29 is 4.74 Å². The van der Waals surface area contributed by atoms with E-state index in [0.29, 0.717) is 0 Å². The smallest absolute Gasteiger partial charge is 0.138 e. The molecule has 0 radical (unpaired) electrons. The van der Waals surface area contributed by atoms with Gasteiger partial charge < -0.3 is 14.5 Å². The molecule has 0 saturated carbocycles. The minimum Gasteiger partial charge on any atom is -0.492 e. The molecule has 3 rings (SSSR count). The molecule has 0 unspecified atom stereocenters. The topological polar surface area (TPSA) is 15.7 Å². The first-order valence-electron chi connectivity index (χ1n) is 8.45. The number of piperazine rings is 1. The molecule has 0 spiro atoms. The van der Waals surface area contributed by atoms with Crippen LogP contribution in [0.4, 0.5) is 0 Å². The summed E-state index contributed by atoms with van der Waals surface area (Å²) in [7, 11) is 2.19. The Bertz CT molecular complexity index is 642. The van der Waals surface area contributed by atoms with Gasteiger partial charge in [0.05, 0.1) is 11.6 Å². The zero-order chi connectivity index (χ0) is 16.1. The summed E-state index contributed by atoms with van der Waals surface area (Å²) in [5.74, 6) is 0.796. The summed E-state index contributed by atoms with van der Waals surface area (Å²) in [5.41, 5.74) is 0. The summed E-state index contributed by atoms with van der Waals surface area (Å²) in [4.78, 5) is 4.93. The highest BCUT2D eigenvalue weighted by Gasteiger charge is 2.12. The van der Waals surface area contributed by atoms with Gasteiger partial charge in [0, 0.05) is 31.6 Å². The lowest BCUT2D eigenvalue weighted by Crippen LogP contribution is -2.44. The number of fused-ring (bicyclic) bond motifs is 1. The fourth-order valence-electron chi connectivity index (χ4n) is 3.02. The molecule has 0 aliphatic carbocycles. The molecule has 0 amide bonds. The van der Waals surface area contributed by atoms with Crippen molar-refractivity contribution in [2.24, 2.45) is 0 Å². The van der Waals surface area contributed by atoms with Gasteiger partial charge in [0.1, 0.15) is 5.75 Å². The first kappa shape index (κ1) is 19.3. The molecule has 1 saturated heterocycles. The Hall–Kier alpha value is -1.000. The quantitative estimate of drug-likeness (QED) is 0.706.